The summed E-state index contributed by atoms with van der Waals surface area (Å²) in [6.45, 7) is 11.4. The highest BCUT2D eigenvalue weighted by molar-refractivity contribution is 5.14. The molecule has 0 aromatic heterocycles. The van der Waals surface area contributed by atoms with Crippen molar-refractivity contribution >= 4 is 0 Å². The molecule has 0 saturated carbocycles. The molecule has 52 valence electrons. The van der Waals surface area contributed by atoms with E-state index >= 15 is 0 Å². The van der Waals surface area contributed by atoms with Crippen molar-refractivity contribution in [1.82, 2.24) is 0 Å². The minimum absolute atomic E-state index is 0.0972. The van der Waals surface area contributed by atoms with Crippen LogP contribution in [-0.2, 0) is 0 Å². The van der Waals surface area contributed by atoms with Gasteiger partial charge < -0.3 is 5.11 Å². The van der Waals surface area contributed by atoms with E-state index in [2.05, 4.69) is 19.7 Å². The summed E-state index contributed by atoms with van der Waals surface area (Å²) in [7, 11) is 0. The van der Waals surface area contributed by atoms with E-state index < -0.39 is 0 Å². The van der Waals surface area contributed by atoms with Gasteiger partial charge in [-0.1, -0.05) is 18.7 Å². The minimum Gasteiger partial charge on any atom is -0.392 e. The van der Waals surface area contributed by atoms with Crippen LogP contribution in [0.5, 0.6) is 0 Å². The Morgan fingerprint density at radius 2 is 2.00 bits per heavy atom. The summed E-state index contributed by atoms with van der Waals surface area (Å²) >= 11 is 0. The van der Waals surface area contributed by atoms with Crippen LogP contribution in [0.1, 0.15) is 6.92 Å². The third-order valence-electron chi connectivity index (χ3n) is 0.816. The molecule has 0 rings (SSSR count). The van der Waals surface area contributed by atoms with Gasteiger partial charge in [-0.25, -0.2) is 0 Å². The molecule has 0 unspecified atom stereocenters. The minimum atomic E-state index is 0.0972. The van der Waals surface area contributed by atoms with Crippen molar-refractivity contribution in [1.29, 1.82) is 0 Å². The molecule has 0 aliphatic carbocycles. The lowest BCUT2D eigenvalue weighted by atomic mass is 10.3. The van der Waals surface area contributed by atoms with Gasteiger partial charge in [0.05, 0.1) is 6.61 Å². The smallest absolute Gasteiger partial charge is 0.0678 e. The number of hydrogen-bond acceptors (Lipinski definition) is 1. The lowest BCUT2D eigenvalue weighted by Crippen LogP contribution is -1.81. The fourth-order valence-corrected chi connectivity index (χ4v) is 0.274. The van der Waals surface area contributed by atoms with Gasteiger partial charge in [0.15, 0.2) is 0 Å². The van der Waals surface area contributed by atoms with Crippen molar-refractivity contribution in [3.05, 3.63) is 37.5 Å². The van der Waals surface area contributed by atoms with Crippen LogP contribution in [0.4, 0.5) is 0 Å². The molecule has 0 spiro atoms. The first-order valence-corrected chi connectivity index (χ1v) is 2.73. The third-order valence-corrected chi connectivity index (χ3v) is 0.816. The van der Waals surface area contributed by atoms with Crippen LogP contribution in [0, 0.1) is 0 Å². The van der Waals surface area contributed by atoms with Crippen molar-refractivity contribution in [2.24, 2.45) is 0 Å². The summed E-state index contributed by atoms with van der Waals surface area (Å²) < 4.78 is 0. The highest BCUT2D eigenvalue weighted by Gasteiger charge is 1.78. The van der Waals surface area contributed by atoms with Gasteiger partial charge in [0, 0.05) is 0 Å². The monoisotopic (exact) mass is 126 g/mol. The second-order valence-electron chi connectivity index (χ2n) is 1.23. The lowest BCUT2D eigenvalue weighted by Gasteiger charge is -1.87. The van der Waals surface area contributed by atoms with Crippen molar-refractivity contribution in [2.75, 3.05) is 6.61 Å². The molecular weight excluding hydrogens is 112 g/mol. The summed E-state index contributed by atoms with van der Waals surface area (Å²) in [6, 6.07) is 0. The van der Waals surface area contributed by atoms with Gasteiger partial charge in [0.1, 0.15) is 0 Å². The van der Waals surface area contributed by atoms with Crippen LogP contribution in [0.2, 0.25) is 0 Å². The zero-order valence-electron chi connectivity index (χ0n) is 5.93. The van der Waals surface area contributed by atoms with E-state index in [0.29, 0.717) is 0 Å². The SMILES string of the molecule is C=C.C=C/C(=C\C)CO. The van der Waals surface area contributed by atoms with Gasteiger partial charge in [0.2, 0.25) is 0 Å². The molecule has 0 atom stereocenters. The average molecular weight is 126 g/mol. The third kappa shape index (κ3) is 7.18. The summed E-state index contributed by atoms with van der Waals surface area (Å²) in [5.41, 5.74) is 0.875. The van der Waals surface area contributed by atoms with E-state index in [4.69, 9.17) is 5.11 Å². The Hall–Kier alpha value is -0.820. The predicted octanol–water partition coefficient (Wildman–Crippen LogP) is 1.91. The maximum absolute atomic E-state index is 8.39. The number of rotatable bonds is 2. The molecule has 0 amide bonds. The van der Waals surface area contributed by atoms with E-state index in [1.165, 1.54) is 0 Å². The Kier molecular flexibility index (Phi) is 12.5. The molecule has 9 heavy (non-hydrogen) atoms. The largest absolute Gasteiger partial charge is 0.392 e. The highest BCUT2D eigenvalue weighted by atomic mass is 16.3. The van der Waals surface area contributed by atoms with Crippen molar-refractivity contribution < 1.29 is 5.11 Å². The van der Waals surface area contributed by atoms with E-state index in [0.717, 1.165) is 5.57 Å². The maximum atomic E-state index is 8.39. The van der Waals surface area contributed by atoms with Crippen LogP contribution >= 0.6 is 0 Å². The summed E-state index contributed by atoms with van der Waals surface area (Å²) in [6.07, 6.45) is 3.47. The zero-order chi connectivity index (χ0) is 7.70. The summed E-state index contributed by atoms with van der Waals surface area (Å²) in [5.74, 6) is 0. The van der Waals surface area contributed by atoms with Gasteiger partial charge in [-0.3, -0.25) is 0 Å². The van der Waals surface area contributed by atoms with Crippen molar-refractivity contribution in [3.63, 3.8) is 0 Å². The Labute approximate surface area is 57.0 Å². The number of hydrogen-bond donors (Lipinski definition) is 1. The van der Waals surface area contributed by atoms with Crippen LogP contribution in [0.15, 0.2) is 37.5 Å². The molecule has 1 N–H and O–H groups in total. The summed E-state index contributed by atoms with van der Waals surface area (Å²) in [5, 5.41) is 8.39. The Morgan fingerprint density at radius 3 is 2.00 bits per heavy atom. The molecule has 0 aromatic rings. The molecule has 0 aliphatic heterocycles. The molecule has 0 bridgehead atoms. The number of allylic oxidation sites excluding steroid dienone is 1. The van der Waals surface area contributed by atoms with Gasteiger partial charge in [-0.2, -0.15) is 0 Å². The molecule has 1 nitrogen and oxygen atoms in total. The van der Waals surface area contributed by atoms with E-state index in [1.807, 2.05) is 13.0 Å². The normalized spacial score (nSPS) is 9.33. The standard InChI is InChI=1S/C6H10O.C2H4/c1-3-6(4-2)5-7;1-2/h3-4,7H,1,5H2,2H3;1-2H2/b6-4+;. The topological polar surface area (TPSA) is 20.2 Å². The Balaban J connectivity index is 0. The quantitative estimate of drug-likeness (QED) is 0.442. The summed E-state index contributed by atoms with van der Waals surface area (Å²) in [4.78, 5) is 0. The first kappa shape index (κ1) is 11.0. The van der Waals surface area contributed by atoms with Gasteiger partial charge in [-0.15, -0.1) is 13.2 Å². The highest BCUT2D eigenvalue weighted by Crippen LogP contribution is 1.89. The van der Waals surface area contributed by atoms with E-state index in [1.54, 1.807) is 6.08 Å². The Bertz CT molecular complexity index is 92.7. The zero-order valence-corrected chi connectivity index (χ0v) is 5.93. The van der Waals surface area contributed by atoms with Crippen molar-refractivity contribution in [2.45, 2.75) is 6.92 Å². The van der Waals surface area contributed by atoms with Gasteiger partial charge in [0.25, 0.3) is 0 Å². The van der Waals surface area contributed by atoms with Gasteiger partial charge >= 0.3 is 0 Å². The first-order chi connectivity index (χ1) is 4.35. The number of aliphatic hydroxyl groups is 1. The van der Waals surface area contributed by atoms with Crippen LogP contribution in [0.25, 0.3) is 0 Å². The fourth-order valence-electron chi connectivity index (χ4n) is 0.274. The van der Waals surface area contributed by atoms with Gasteiger partial charge in [-0.05, 0) is 12.5 Å². The molecule has 1 heteroatoms. The van der Waals surface area contributed by atoms with Crippen LogP contribution in [-0.4, -0.2) is 11.7 Å². The molecule has 0 fully saturated rings. The van der Waals surface area contributed by atoms with Crippen LogP contribution in [0.3, 0.4) is 0 Å². The lowest BCUT2D eigenvalue weighted by molar-refractivity contribution is 0.335. The molecular formula is C8H14O. The van der Waals surface area contributed by atoms with Crippen molar-refractivity contribution in [3.8, 4) is 0 Å². The Morgan fingerprint density at radius 1 is 1.56 bits per heavy atom. The van der Waals surface area contributed by atoms with E-state index in [9.17, 15) is 0 Å². The molecule has 0 aromatic carbocycles. The maximum Gasteiger partial charge on any atom is 0.0678 e. The average Bonchev–Trinajstić information content (AvgIpc) is 1.96. The second-order valence-corrected chi connectivity index (χ2v) is 1.23. The number of aliphatic hydroxyl groups excluding tert-OH is 1. The second kappa shape index (κ2) is 10.2. The van der Waals surface area contributed by atoms with E-state index in [-0.39, 0.29) is 6.61 Å². The molecule has 0 heterocycles. The fraction of sp³-hybridized carbons (Fsp3) is 0.250. The van der Waals surface area contributed by atoms with Crippen LogP contribution < -0.4 is 0 Å². The molecule has 0 radical (unpaired) electrons. The molecule has 0 saturated heterocycles. The molecule has 0 aliphatic rings. The first-order valence-electron chi connectivity index (χ1n) is 2.73. The predicted molar refractivity (Wildman–Crippen MR) is 42.3 cm³/mol.